The Morgan fingerprint density at radius 3 is 2.47 bits per heavy atom. The lowest BCUT2D eigenvalue weighted by Gasteiger charge is -2.26. The molecule has 17 heavy (non-hydrogen) atoms. The molecule has 0 fully saturated rings. The standard InChI is InChI=1S/C14H11NO2/c16-14-15-13(10-6-2-1-3-7-10)11-8-4-5-9-12(11)17-14/h1-9,13H,(H,15,16)/t13-/m0/s1. The van der Waals surface area contributed by atoms with Crippen molar-refractivity contribution in [3.8, 4) is 5.75 Å². The van der Waals surface area contributed by atoms with E-state index in [2.05, 4.69) is 5.32 Å². The van der Waals surface area contributed by atoms with Crippen LogP contribution in [0.25, 0.3) is 0 Å². The molecule has 0 aromatic heterocycles. The highest BCUT2D eigenvalue weighted by Gasteiger charge is 2.26. The summed E-state index contributed by atoms with van der Waals surface area (Å²) in [6, 6.07) is 17.3. The van der Waals surface area contributed by atoms with Gasteiger partial charge in [-0.2, -0.15) is 0 Å². The molecule has 84 valence electrons. The summed E-state index contributed by atoms with van der Waals surface area (Å²) in [5, 5.41) is 2.83. The molecule has 0 unspecified atom stereocenters. The minimum absolute atomic E-state index is 0.131. The first kappa shape index (κ1) is 9.90. The molecule has 1 aliphatic heterocycles. The summed E-state index contributed by atoms with van der Waals surface area (Å²) >= 11 is 0. The molecule has 0 saturated carbocycles. The zero-order valence-electron chi connectivity index (χ0n) is 9.09. The van der Waals surface area contributed by atoms with Crippen molar-refractivity contribution >= 4 is 6.09 Å². The monoisotopic (exact) mass is 225 g/mol. The van der Waals surface area contributed by atoms with Crippen molar-refractivity contribution in [1.29, 1.82) is 0 Å². The van der Waals surface area contributed by atoms with Gasteiger partial charge in [-0.3, -0.25) is 0 Å². The average molecular weight is 225 g/mol. The van der Waals surface area contributed by atoms with Crippen molar-refractivity contribution in [2.24, 2.45) is 0 Å². The summed E-state index contributed by atoms with van der Waals surface area (Å²) in [6.07, 6.45) is -0.405. The molecule has 3 rings (SSSR count). The Kier molecular flexibility index (Phi) is 2.29. The molecule has 0 spiro atoms. The summed E-state index contributed by atoms with van der Waals surface area (Å²) in [7, 11) is 0. The highest BCUT2D eigenvalue weighted by Crippen LogP contribution is 2.32. The van der Waals surface area contributed by atoms with Crippen molar-refractivity contribution in [2.45, 2.75) is 6.04 Å². The number of carbonyl (C=O) groups excluding carboxylic acids is 1. The van der Waals surface area contributed by atoms with Gasteiger partial charge >= 0.3 is 6.09 Å². The SMILES string of the molecule is O=C1N[C@@H](c2ccccc2)c2ccccc2O1. The molecular formula is C14H11NO2. The smallest absolute Gasteiger partial charge is 0.410 e. The van der Waals surface area contributed by atoms with E-state index >= 15 is 0 Å². The van der Waals surface area contributed by atoms with Crippen LogP contribution in [0, 0.1) is 0 Å². The number of benzene rings is 2. The van der Waals surface area contributed by atoms with E-state index in [1.807, 2.05) is 54.6 Å². The molecule has 3 heteroatoms. The molecule has 1 atom stereocenters. The molecule has 1 aliphatic rings. The van der Waals surface area contributed by atoms with Crippen LogP contribution in [0.5, 0.6) is 5.75 Å². The first-order valence-corrected chi connectivity index (χ1v) is 5.47. The van der Waals surface area contributed by atoms with Crippen LogP contribution in [0.2, 0.25) is 0 Å². The first-order valence-electron chi connectivity index (χ1n) is 5.47. The van der Waals surface area contributed by atoms with Gasteiger partial charge in [-0.15, -0.1) is 0 Å². The second-order valence-corrected chi connectivity index (χ2v) is 3.92. The molecule has 1 amide bonds. The predicted octanol–water partition coefficient (Wildman–Crippen LogP) is 2.88. The topological polar surface area (TPSA) is 38.3 Å². The van der Waals surface area contributed by atoms with Gasteiger partial charge in [-0.05, 0) is 11.6 Å². The Labute approximate surface area is 99.0 Å². The number of amides is 1. The lowest BCUT2D eigenvalue weighted by Crippen LogP contribution is -2.36. The predicted molar refractivity (Wildman–Crippen MR) is 63.9 cm³/mol. The highest BCUT2D eigenvalue weighted by atomic mass is 16.6. The van der Waals surface area contributed by atoms with Gasteiger partial charge in [0.25, 0.3) is 0 Å². The largest absolute Gasteiger partial charge is 0.413 e. The van der Waals surface area contributed by atoms with Gasteiger partial charge in [0.05, 0.1) is 6.04 Å². The summed E-state index contributed by atoms with van der Waals surface area (Å²) in [5.74, 6) is 0.630. The van der Waals surface area contributed by atoms with E-state index in [0.29, 0.717) is 5.75 Å². The van der Waals surface area contributed by atoms with E-state index in [0.717, 1.165) is 11.1 Å². The van der Waals surface area contributed by atoms with E-state index in [-0.39, 0.29) is 6.04 Å². The van der Waals surface area contributed by atoms with E-state index in [1.54, 1.807) is 0 Å². The molecule has 0 radical (unpaired) electrons. The van der Waals surface area contributed by atoms with Crippen molar-refractivity contribution in [1.82, 2.24) is 5.32 Å². The van der Waals surface area contributed by atoms with E-state index in [4.69, 9.17) is 4.74 Å². The van der Waals surface area contributed by atoms with E-state index in [9.17, 15) is 4.79 Å². The quantitative estimate of drug-likeness (QED) is 0.810. The Bertz CT molecular complexity index is 551. The van der Waals surface area contributed by atoms with E-state index < -0.39 is 6.09 Å². The average Bonchev–Trinajstić information content (AvgIpc) is 2.39. The van der Waals surface area contributed by atoms with Crippen LogP contribution in [0.4, 0.5) is 4.79 Å². The molecule has 0 bridgehead atoms. The van der Waals surface area contributed by atoms with Gasteiger partial charge in [-0.25, -0.2) is 4.79 Å². The third-order valence-electron chi connectivity index (χ3n) is 2.83. The molecule has 2 aromatic rings. The van der Waals surface area contributed by atoms with Crippen molar-refractivity contribution < 1.29 is 9.53 Å². The molecule has 3 nitrogen and oxygen atoms in total. The van der Waals surface area contributed by atoms with Crippen LogP contribution < -0.4 is 10.1 Å². The third-order valence-corrected chi connectivity index (χ3v) is 2.83. The van der Waals surface area contributed by atoms with E-state index in [1.165, 1.54) is 0 Å². The van der Waals surface area contributed by atoms with Crippen LogP contribution in [0.1, 0.15) is 17.2 Å². The number of rotatable bonds is 1. The summed E-state index contributed by atoms with van der Waals surface area (Å²) < 4.78 is 5.13. The Balaban J connectivity index is 2.10. The maximum atomic E-state index is 11.5. The second-order valence-electron chi connectivity index (χ2n) is 3.92. The van der Waals surface area contributed by atoms with Crippen molar-refractivity contribution in [3.63, 3.8) is 0 Å². The number of nitrogens with one attached hydrogen (secondary N) is 1. The maximum Gasteiger partial charge on any atom is 0.413 e. The van der Waals surface area contributed by atoms with Crippen molar-refractivity contribution in [3.05, 3.63) is 65.7 Å². The van der Waals surface area contributed by atoms with Crippen LogP contribution in [0.3, 0.4) is 0 Å². The van der Waals surface area contributed by atoms with Crippen LogP contribution in [-0.4, -0.2) is 6.09 Å². The number of hydrogen-bond donors (Lipinski definition) is 1. The van der Waals surface area contributed by atoms with Crippen molar-refractivity contribution in [2.75, 3.05) is 0 Å². The second kappa shape index (κ2) is 3.94. The molecule has 1 N–H and O–H groups in total. The summed E-state index contributed by atoms with van der Waals surface area (Å²) in [4.78, 5) is 11.5. The minimum Gasteiger partial charge on any atom is -0.410 e. The van der Waals surface area contributed by atoms with Gasteiger partial charge in [0, 0.05) is 5.56 Å². The van der Waals surface area contributed by atoms with Crippen LogP contribution in [-0.2, 0) is 0 Å². The summed E-state index contributed by atoms with van der Waals surface area (Å²) in [5.41, 5.74) is 2.04. The normalized spacial score (nSPS) is 17.9. The third kappa shape index (κ3) is 1.76. The van der Waals surface area contributed by atoms with Gasteiger partial charge in [0.15, 0.2) is 0 Å². The van der Waals surface area contributed by atoms with Crippen LogP contribution in [0.15, 0.2) is 54.6 Å². The highest BCUT2D eigenvalue weighted by molar-refractivity contribution is 5.75. The number of ether oxygens (including phenoxy) is 1. The number of carbonyl (C=O) groups is 1. The summed E-state index contributed by atoms with van der Waals surface area (Å²) in [6.45, 7) is 0. The number of hydrogen-bond acceptors (Lipinski definition) is 2. The molecule has 2 aromatic carbocycles. The number of fused-ring (bicyclic) bond motifs is 1. The molecule has 0 saturated heterocycles. The zero-order valence-corrected chi connectivity index (χ0v) is 9.09. The maximum absolute atomic E-state index is 11.5. The molecular weight excluding hydrogens is 214 g/mol. The fourth-order valence-corrected chi connectivity index (χ4v) is 2.05. The van der Waals surface area contributed by atoms with Crippen LogP contribution >= 0.6 is 0 Å². The van der Waals surface area contributed by atoms with Gasteiger partial charge < -0.3 is 10.1 Å². The molecule has 0 aliphatic carbocycles. The first-order chi connectivity index (χ1) is 8.34. The minimum atomic E-state index is -0.405. The lowest BCUT2D eigenvalue weighted by molar-refractivity contribution is 0.191. The zero-order chi connectivity index (χ0) is 11.7. The number of para-hydroxylation sites is 1. The molecule has 1 heterocycles. The Morgan fingerprint density at radius 1 is 0.941 bits per heavy atom. The van der Waals surface area contributed by atoms with Gasteiger partial charge in [0.2, 0.25) is 0 Å². The van der Waals surface area contributed by atoms with Gasteiger partial charge in [-0.1, -0.05) is 48.5 Å². The fraction of sp³-hybridized carbons (Fsp3) is 0.0714. The fourth-order valence-electron chi connectivity index (χ4n) is 2.05. The van der Waals surface area contributed by atoms with Gasteiger partial charge in [0.1, 0.15) is 5.75 Å². The Morgan fingerprint density at radius 2 is 1.65 bits per heavy atom. The Hall–Kier alpha value is -2.29. The lowest BCUT2D eigenvalue weighted by atomic mass is 9.97.